The van der Waals surface area contributed by atoms with Crippen LogP contribution in [0.15, 0.2) is 12.1 Å². The van der Waals surface area contributed by atoms with E-state index < -0.39 is 10.8 Å². The minimum absolute atomic E-state index is 0.0134. The van der Waals surface area contributed by atoms with Crippen molar-refractivity contribution in [2.45, 2.75) is 0 Å². The summed E-state index contributed by atoms with van der Waals surface area (Å²) in [6.45, 7) is 1.08. The molecule has 9 heteroatoms. The third-order valence-corrected chi connectivity index (χ3v) is 2.82. The van der Waals surface area contributed by atoms with Crippen LogP contribution in [0.4, 0.5) is 11.4 Å². The number of nitrogens with zero attached hydrogens (tertiary/aromatic N) is 2. The Morgan fingerprint density at radius 3 is 2.65 bits per heavy atom. The van der Waals surface area contributed by atoms with Crippen molar-refractivity contribution in [1.82, 2.24) is 10.2 Å². The zero-order valence-electron chi connectivity index (χ0n) is 11.1. The van der Waals surface area contributed by atoms with Gasteiger partial charge in [0.2, 0.25) is 0 Å². The van der Waals surface area contributed by atoms with Crippen molar-refractivity contribution >= 4 is 28.9 Å². The largest absolute Gasteiger partial charge is 0.351 e. The summed E-state index contributed by atoms with van der Waals surface area (Å²) >= 11 is 5.87. The Morgan fingerprint density at radius 1 is 1.50 bits per heavy atom. The van der Waals surface area contributed by atoms with Gasteiger partial charge in [-0.25, -0.2) is 0 Å². The molecule has 0 aliphatic heterocycles. The number of amides is 1. The summed E-state index contributed by atoms with van der Waals surface area (Å²) in [5.74, 6) is 4.75. The van der Waals surface area contributed by atoms with Crippen molar-refractivity contribution in [3.63, 3.8) is 0 Å². The molecule has 0 aliphatic rings. The van der Waals surface area contributed by atoms with Gasteiger partial charge in [0.15, 0.2) is 0 Å². The SMILES string of the molecule is CN(C)CCNC(=O)c1cc(Cl)c(NN)c([N+](=O)[O-])c1. The van der Waals surface area contributed by atoms with Crippen molar-refractivity contribution in [2.24, 2.45) is 5.84 Å². The smallest absolute Gasteiger partial charge is 0.295 e. The number of halogens is 1. The summed E-state index contributed by atoms with van der Waals surface area (Å²) in [5, 5.41) is 13.6. The van der Waals surface area contributed by atoms with E-state index in [1.807, 2.05) is 19.0 Å². The van der Waals surface area contributed by atoms with E-state index in [0.717, 1.165) is 6.07 Å². The highest BCUT2D eigenvalue weighted by atomic mass is 35.5. The lowest BCUT2D eigenvalue weighted by molar-refractivity contribution is -0.384. The van der Waals surface area contributed by atoms with Crippen molar-refractivity contribution in [1.29, 1.82) is 0 Å². The molecule has 1 aromatic carbocycles. The molecule has 8 nitrogen and oxygen atoms in total. The molecule has 110 valence electrons. The number of nitro benzene ring substituents is 1. The molecular weight excluding hydrogens is 286 g/mol. The number of benzene rings is 1. The molecular formula is C11H16ClN5O3. The lowest BCUT2D eigenvalue weighted by Gasteiger charge is -2.11. The Labute approximate surface area is 121 Å². The van der Waals surface area contributed by atoms with Gasteiger partial charge in [-0.2, -0.15) is 0 Å². The average molecular weight is 302 g/mol. The molecule has 0 aromatic heterocycles. The predicted molar refractivity (Wildman–Crippen MR) is 76.8 cm³/mol. The second kappa shape index (κ2) is 7.04. The van der Waals surface area contributed by atoms with Gasteiger partial charge in [-0.15, -0.1) is 0 Å². The van der Waals surface area contributed by atoms with Gasteiger partial charge in [-0.3, -0.25) is 20.8 Å². The number of rotatable bonds is 6. The predicted octanol–water partition coefficient (Wildman–Crippen LogP) is 0.825. The molecule has 0 atom stereocenters. The average Bonchev–Trinajstić information content (AvgIpc) is 2.36. The standard InChI is InChI=1S/C11H16ClN5O3/c1-16(2)4-3-14-11(18)7-5-8(12)10(15-13)9(6-7)17(19)20/h5-6,15H,3-4,13H2,1-2H3,(H,14,18). The molecule has 0 heterocycles. The number of carbonyl (C=O) groups is 1. The summed E-state index contributed by atoms with van der Waals surface area (Å²) < 4.78 is 0. The van der Waals surface area contributed by atoms with E-state index in [-0.39, 0.29) is 22.0 Å². The first-order valence-corrected chi connectivity index (χ1v) is 6.12. The summed E-state index contributed by atoms with van der Waals surface area (Å²) in [5.41, 5.74) is 1.89. The molecule has 0 saturated carbocycles. The van der Waals surface area contributed by atoms with Crippen molar-refractivity contribution in [3.05, 3.63) is 32.8 Å². The fourth-order valence-electron chi connectivity index (χ4n) is 1.51. The Hall–Kier alpha value is -1.90. The summed E-state index contributed by atoms with van der Waals surface area (Å²) in [6, 6.07) is 2.46. The summed E-state index contributed by atoms with van der Waals surface area (Å²) in [4.78, 5) is 24.1. The van der Waals surface area contributed by atoms with Gasteiger partial charge in [0.25, 0.3) is 11.6 Å². The number of likely N-dealkylation sites (N-methyl/N-ethyl adjacent to an activating group) is 1. The van der Waals surface area contributed by atoms with Gasteiger partial charge >= 0.3 is 0 Å². The molecule has 1 aromatic rings. The summed E-state index contributed by atoms with van der Waals surface area (Å²) in [7, 11) is 3.74. The van der Waals surface area contributed by atoms with E-state index >= 15 is 0 Å². The number of nitrogens with two attached hydrogens (primary N) is 1. The van der Waals surface area contributed by atoms with Crippen LogP contribution in [0.3, 0.4) is 0 Å². The maximum atomic E-state index is 11.9. The fourth-order valence-corrected chi connectivity index (χ4v) is 1.77. The molecule has 0 spiro atoms. The molecule has 1 rings (SSSR count). The molecule has 0 saturated heterocycles. The third kappa shape index (κ3) is 4.05. The number of hydrogen-bond acceptors (Lipinski definition) is 6. The van der Waals surface area contributed by atoms with Crippen molar-refractivity contribution < 1.29 is 9.72 Å². The third-order valence-electron chi connectivity index (χ3n) is 2.52. The van der Waals surface area contributed by atoms with E-state index in [2.05, 4.69) is 10.7 Å². The number of nitrogen functional groups attached to an aromatic ring is 1. The number of carbonyl (C=O) groups excluding carboxylic acids is 1. The number of hydrazine groups is 1. The van der Waals surface area contributed by atoms with Gasteiger partial charge in [-0.1, -0.05) is 11.6 Å². The van der Waals surface area contributed by atoms with Crippen LogP contribution in [0.2, 0.25) is 5.02 Å². The number of nitro groups is 1. The number of hydrogen-bond donors (Lipinski definition) is 3. The number of anilines is 1. The molecule has 20 heavy (non-hydrogen) atoms. The lowest BCUT2D eigenvalue weighted by atomic mass is 10.1. The quantitative estimate of drug-likeness (QED) is 0.407. The van der Waals surface area contributed by atoms with Crippen LogP contribution in [0, 0.1) is 10.1 Å². The topological polar surface area (TPSA) is 114 Å². The normalized spacial score (nSPS) is 10.4. The first-order valence-electron chi connectivity index (χ1n) is 5.74. The van der Waals surface area contributed by atoms with Crippen LogP contribution in [0.1, 0.15) is 10.4 Å². The van der Waals surface area contributed by atoms with E-state index in [1.165, 1.54) is 6.07 Å². The number of nitrogens with one attached hydrogen (secondary N) is 2. The molecule has 1 amide bonds. The first kappa shape index (κ1) is 16.2. The monoisotopic (exact) mass is 301 g/mol. The highest BCUT2D eigenvalue weighted by molar-refractivity contribution is 6.34. The molecule has 0 fully saturated rings. The second-order valence-electron chi connectivity index (χ2n) is 4.31. The zero-order chi connectivity index (χ0) is 15.3. The van der Waals surface area contributed by atoms with Crippen LogP contribution < -0.4 is 16.6 Å². The molecule has 0 aliphatic carbocycles. The molecule has 4 N–H and O–H groups in total. The van der Waals surface area contributed by atoms with E-state index in [1.54, 1.807) is 0 Å². The highest BCUT2D eigenvalue weighted by Gasteiger charge is 2.20. The summed E-state index contributed by atoms with van der Waals surface area (Å²) in [6.07, 6.45) is 0. The van der Waals surface area contributed by atoms with Crippen LogP contribution in [0.25, 0.3) is 0 Å². The van der Waals surface area contributed by atoms with Crippen molar-refractivity contribution in [3.8, 4) is 0 Å². The highest BCUT2D eigenvalue weighted by Crippen LogP contribution is 2.32. The molecule has 0 unspecified atom stereocenters. The van der Waals surface area contributed by atoms with Crippen LogP contribution in [-0.4, -0.2) is 42.9 Å². The van der Waals surface area contributed by atoms with Gasteiger partial charge < -0.3 is 15.6 Å². The zero-order valence-corrected chi connectivity index (χ0v) is 11.9. The van der Waals surface area contributed by atoms with Gasteiger partial charge in [-0.05, 0) is 20.2 Å². The van der Waals surface area contributed by atoms with E-state index in [9.17, 15) is 14.9 Å². The Kier molecular flexibility index (Phi) is 5.68. The van der Waals surface area contributed by atoms with E-state index in [0.29, 0.717) is 13.1 Å². The first-order chi connectivity index (χ1) is 9.36. The van der Waals surface area contributed by atoms with Gasteiger partial charge in [0, 0.05) is 24.7 Å². The molecule has 0 bridgehead atoms. The van der Waals surface area contributed by atoms with Gasteiger partial charge in [0.05, 0.1) is 9.95 Å². The minimum Gasteiger partial charge on any atom is -0.351 e. The lowest BCUT2D eigenvalue weighted by Crippen LogP contribution is -2.31. The van der Waals surface area contributed by atoms with E-state index in [4.69, 9.17) is 17.4 Å². The Morgan fingerprint density at radius 2 is 2.15 bits per heavy atom. The fraction of sp³-hybridized carbons (Fsp3) is 0.364. The maximum absolute atomic E-state index is 11.9. The Bertz CT molecular complexity index is 521. The van der Waals surface area contributed by atoms with Crippen LogP contribution in [-0.2, 0) is 0 Å². The second-order valence-corrected chi connectivity index (χ2v) is 4.72. The Balaban J connectivity index is 2.96. The minimum atomic E-state index is -0.655. The molecule has 0 radical (unpaired) electrons. The van der Waals surface area contributed by atoms with Crippen molar-refractivity contribution in [2.75, 3.05) is 32.6 Å². The van der Waals surface area contributed by atoms with Gasteiger partial charge in [0.1, 0.15) is 5.69 Å². The maximum Gasteiger partial charge on any atom is 0.295 e. The van der Waals surface area contributed by atoms with Crippen LogP contribution in [0.5, 0.6) is 0 Å². The van der Waals surface area contributed by atoms with Crippen LogP contribution >= 0.6 is 11.6 Å².